The van der Waals surface area contributed by atoms with E-state index in [1.807, 2.05) is 0 Å². The first-order chi connectivity index (χ1) is 9.10. The zero-order valence-electron chi connectivity index (χ0n) is 9.93. The number of phenolic OH excluding ortho intramolecular Hbond substituents is 1. The van der Waals surface area contributed by atoms with E-state index in [1.54, 1.807) is 24.3 Å². The summed E-state index contributed by atoms with van der Waals surface area (Å²) in [4.78, 5) is 11.9. The van der Waals surface area contributed by atoms with Crippen LogP contribution in [-0.4, -0.2) is 16.1 Å². The van der Waals surface area contributed by atoms with Gasteiger partial charge in [-0.3, -0.25) is 4.79 Å². The molecular formula is C14H12FNO3. The number of rotatable bonds is 3. The second kappa shape index (κ2) is 5.49. The lowest BCUT2D eigenvalue weighted by molar-refractivity contribution is 0.102. The lowest BCUT2D eigenvalue weighted by atomic mass is 10.1. The van der Waals surface area contributed by atoms with Crippen LogP contribution in [0.15, 0.2) is 42.5 Å². The van der Waals surface area contributed by atoms with Crippen LogP contribution in [0.2, 0.25) is 0 Å². The van der Waals surface area contributed by atoms with Gasteiger partial charge in [-0.1, -0.05) is 12.1 Å². The molecule has 1 amide bonds. The number of aromatic hydroxyl groups is 1. The quantitative estimate of drug-likeness (QED) is 0.793. The highest BCUT2D eigenvalue weighted by atomic mass is 19.1. The number of aliphatic hydroxyl groups excluding tert-OH is 1. The van der Waals surface area contributed by atoms with E-state index >= 15 is 0 Å². The van der Waals surface area contributed by atoms with Gasteiger partial charge in [0, 0.05) is 5.69 Å². The lowest BCUT2D eigenvalue weighted by Gasteiger charge is -2.07. The standard InChI is InChI=1S/C14H12FNO3/c15-10-3-6-13(18)12(7-10)14(19)16-11-4-1-9(8-17)2-5-11/h1-7,17-18H,8H2,(H,16,19). The highest BCUT2D eigenvalue weighted by Gasteiger charge is 2.12. The molecule has 0 aliphatic rings. The molecule has 0 atom stereocenters. The van der Waals surface area contributed by atoms with Crippen LogP contribution in [0.25, 0.3) is 0 Å². The Balaban J connectivity index is 2.18. The van der Waals surface area contributed by atoms with Gasteiger partial charge in [-0.15, -0.1) is 0 Å². The highest BCUT2D eigenvalue weighted by molar-refractivity contribution is 6.06. The van der Waals surface area contributed by atoms with Crippen LogP contribution < -0.4 is 5.32 Å². The van der Waals surface area contributed by atoms with E-state index in [0.717, 1.165) is 18.2 Å². The normalized spacial score (nSPS) is 10.2. The van der Waals surface area contributed by atoms with Gasteiger partial charge >= 0.3 is 0 Å². The minimum absolute atomic E-state index is 0.0844. The number of carbonyl (C=O) groups excluding carboxylic acids is 1. The van der Waals surface area contributed by atoms with Crippen molar-refractivity contribution < 1.29 is 19.4 Å². The average Bonchev–Trinajstić information content (AvgIpc) is 2.42. The number of amides is 1. The van der Waals surface area contributed by atoms with E-state index in [9.17, 15) is 14.3 Å². The maximum absolute atomic E-state index is 13.0. The number of hydrogen-bond donors (Lipinski definition) is 3. The topological polar surface area (TPSA) is 69.6 Å². The molecule has 19 heavy (non-hydrogen) atoms. The van der Waals surface area contributed by atoms with Crippen molar-refractivity contribution in [2.45, 2.75) is 6.61 Å². The van der Waals surface area contributed by atoms with Gasteiger partial charge in [-0.2, -0.15) is 0 Å². The van der Waals surface area contributed by atoms with Gasteiger partial charge in [0.2, 0.25) is 0 Å². The van der Waals surface area contributed by atoms with E-state index in [-0.39, 0.29) is 17.9 Å². The fraction of sp³-hybridized carbons (Fsp3) is 0.0714. The molecule has 98 valence electrons. The molecule has 5 heteroatoms. The number of carbonyl (C=O) groups is 1. The van der Waals surface area contributed by atoms with Crippen LogP contribution in [0.4, 0.5) is 10.1 Å². The van der Waals surface area contributed by atoms with Crippen molar-refractivity contribution in [1.29, 1.82) is 0 Å². The molecule has 0 spiro atoms. The number of hydrogen-bond acceptors (Lipinski definition) is 3. The number of benzene rings is 2. The molecule has 0 fully saturated rings. The van der Waals surface area contributed by atoms with Crippen LogP contribution in [-0.2, 0) is 6.61 Å². The molecule has 2 aromatic carbocycles. The predicted molar refractivity (Wildman–Crippen MR) is 68.4 cm³/mol. The van der Waals surface area contributed by atoms with Gasteiger partial charge in [0.15, 0.2) is 0 Å². The molecule has 3 N–H and O–H groups in total. The zero-order chi connectivity index (χ0) is 13.8. The van der Waals surface area contributed by atoms with Crippen molar-refractivity contribution in [1.82, 2.24) is 0 Å². The minimum Gasteiger partial charge on any atom is -0.507 e. The number of phenols is 1. The van der Waals surface area contributed by atoms with E-state index in [0.29, 0.717) is 11.3 Å². The molecule has 0 saturated carbocycles. The Morgan fingerprint density at radius 3 is 2.47 bits per heavy atom. The Kier molecular flexibility index (Phi) is 3.77. The van der Waals surface area contributed by atoms with Crippen molar-refractivity contribution in [3.05, 3.63) is 59.4 Å². The van der Waals surface area contributed by atoms with Crippen molar-refractivity contribution in [2.24, 2.45) is 0 Å². The van der Waals surface area contributed by atoms with Gasteiger partial charge in [0.05, 0.1) is 12.2 Å². The Morgan fingerprint density at radius 1 is 1.16 bits per heavy atom. The molecule has 4 nitrogen and oxygen atoms in total. The average molecular weight is 261 g/mol. The molecule has 0 aromatic heterocycles. The Labute approximate surface area is 109 Å². The van der Waals surface area contributed by atoms with Crippen LogP contribution in [0, 0.1) is 5.82 Å². The van der Waals surface area contributed by atoms with E-state index in [1.165, 1.54) is 0 Å². The lowest BCUT2D eigenvalue weighted by Crippen LogP contribution is -2.12. The number of nitrogens with one attached hydrogen (secondary N) is 1. The zero-order valence-corrected chi connectivity index (χ0v) is 9.93. The number of aliphatic hydroxyl groups is 1. The molecule has 2 rings (SSSR count). The summed E-state index contributed by atoms with van der Waals surface area (Å²) < 4.78 is 13.0. The molecule has 0 saturated heterocycles. The summed E-state index contributed by atoms with van der Waals surface area (Å²) in [5, 5.41) is 20.9. The van der Waals surface area contributed by atoms with Gasteiger partial charge < -0.3 is 15.5 Å². The van der Waals surface area contributed by atoms with Crippen LogP contribution in [0.3, 0.4) is 0 Å². The molecule has 2 aromatic rings. The van der Waals surface area contributed by atoms with Gasteiger partial charge in [-0.25, -0.2) is 4.39 Å². The third-order valence-electron chi connectivity index (χ3n) is 2.60. The Bertz CT molecular complexity index is 596. The Hall–Kier alpha value is -2.40. The molecule has 0 aliphatic carbocycles. The summed E-state index contributed by atoms with van der Waals surface area (Å²) >= 11 is 0. The maximum atomic E-state index is 13.0. The van der Waals surface area contributed by atoms with Gasteiger partial charge in [0.1, 0.15) is 11.6 Å². The van der Waals surface area contributed by atoms with Crippen molar-refractivity contribution in [2.75, 3.05) is 5.32 Å². The van der Waals surface area contributed by atoms with Crippen LogP contribution in [0.5, 0.6) is 5.75 Å². The molecule has 0 aliphatic heterocycles. The first kappa shape index (κ1) is 13.0. The smallest absolute Gasteiger partial charge is 0.259 e. The van der Waals surface area contributed by atoms with E-state index < -0.39 is 11.7 Å². The van der Waals surface area contributed by atoms with E-state index in [4.69, 9.17) is 5.11 Å². The SMILES string of the molecule is O=C(Nc1ccc(CO)cc1)c1cc(F)ccc1O. The molecule has 0 heterocycles. The molecular weight excluding hydrogens is 249 g/mol. The first-order valence-corrected chi connectivity index (χ1v) is 5.60. The monoisotopic (exact) mass is 261 g/mol. The molecule has 0 radical (unpaired) electrons. The maximum Gasteiger partial charge on any atom is 0.259 e. The first-order valence-electron chi connectivity index (χ1n) is 5.60. The summed E-state index contributed by atoms with van der Waals surface area (Å²) in [6, 6.07) is 9.69. The van der Waals surface area contributed by atoms with Crippen molar-refractivity contribution in [3.8, 4) is 5.75 Å². The minimum atomic E-state index is -0.603. The summed E-state index contributed by atoms with van der Waals surface area (Å²) in [6.07, 6.45) is 0. The van der Waals surface area contributed by atoms with E-state index in [2.05, 4.69) is 5.32 Å². The van der Waals surface area contributed by atoms with Crippen LogP contribution in [0.1, 0.15) is 15.9 Å². The molecule has 0 unspecified atom stereocenters. The third-order valence-corrected chi connectivity index (χ3v) is 2.60. The summed E-state index contributed by atoms with van der Waals surface area (Å²) in [6.45, 7) is -0.0844. The summed E-state index contributed by atoms with van der Waals surface area (Å²) in [5.74, 6) is -1.49. The predicted octanol–water partition coefficient (Wildman–Crippen LogP) is 2.28. The van der Waals surface area contributed by atoms with Crippen LogP contribution >= 0.6 is 0 Å². The number of anilines is 1. The molecule has 0 bridgehead atoms. The van der Waals surface area contributed by atoms with Crippen molar-refractivity contribution >= 4 is 11.6 Å². The summed E-state index contributed by atoms with van der Waals surface area (Å²) in [5.41, 5.74) is 1.07. The number of halogens is 1. The second-order valence-electron chi connectivity index (χ2n) is 3.97. The fourth-order valence-electron chi connectivity index (χ4n) is 1.58. The van der Waals surface area contributed by atoms with Gasteiger partial charge in [-0.05, 0) is 35.9 Å². The van der Waals surface area contributed by atoms with Gasteiger partial charge in [0.25, 0.3) is 5.91 Å². The second-order valence-corrected chi connectivity index (χ2v) is 3.97. The summed E-state index contributed by atoms with van der Waals surface area (Å²) in [7, 11) is 0. The Morgan fingerprint density at radius 2 is 1.84 bits per heavy atom. The largest absolute Gasteiger partial charge is 0.507 e. The fourth-order valence-corrected chi connectivity index (χ4v) is 1.58. The highest BCUT2D eigenvalue weighted by Crippen LogP contribution is 2.19. The third kappa shape index (κ3) is 3.08. The van der Waals surface area contributed by atoms with Crippen molar-refractivity contribution in [3.63, 3.8) is 0 Å².